The smallest absolute Gasteiger partial charge is 0.0650 e. The summed E-state index contributed by atoms with van der Waals surface area (Å²) in [6, 6.07) is 71.5. The van der Waals surface area contributed by atoms with E-state index in [9.17, 15) is 0 Å². The number of aromatic nitrogens is 3. The minimum absolute atomic E-state index is 0.0519. The summed E-state index contributed by atoms with van der Waals surface area (Å²) < 4.78 is 7.45. The predicted molar refractivity (Wildman–Crippen MR) is 242 cm³/mol. The van der Waals surface area contributed by atoms with Crippen LogP contribution in [-0.2, 0) is 0 Å². The number of benzene rings is 8. The number of nitrogens with zero attached hydrogens (tertiary/aromatic N) is 4. The third kappa shape index (κ3) is 4.29. The van der Waals surface area contributed by atoms with Gasteiger partial charge in [-0.05, 0) is 72.3 Å². The lowest BCUT2D eigenvalue weighted by atomic mass is 9.84. The van der Waals surface area contributed by atoms with Crippen molar-refractivity contribution in [3.05, 3.63) is 217 Å². The Hall–Kier alpha value is -7.56. The van der Waals surface area contributed by atoms with E-state index >= 15 is 0 Å². The molecule has 0 saturated carbocycles. The highest BCUT2D eigenvalue weighted by Crippen LogP contribution is 2.54. The second-order valence-corrected chi connectivity index (χ2v) is 15.7. The van der Waals surface area contributed by atoms with Gasteiger partial charge in [0, 0.05) is 55.3 Å². The summed E-state index contributed by atoms with van der Waals surface area (Å²) in [6.07, 6.45) is 4.85. The maximum absolute atomic E-state index is 2.61. The van der Waals surface area contributed by atoms with Gasteiger partial charge in [-0.1, -0.05) is 140 Å². The van der Waals surface area contributed by atoms with Crippen LogP contribution in [0.3, 0.4) is 0 Å². The van der Waals surface area contributed by atoms with Crippen molar-refractivity contribution in [2.75, 3.05) is 4.90 Å². The first-order valence-corrected chi connectivity index (χ1v) is 20.2. The van der Waals surface area contributed by atoms with Gasteiger partial charge in [0.05, 0.1) is 50.9 Å². The Bertz CT molecular complexity index is 3250. The van der Waals surface area contributed by atoms with Gasteiger partial charge < -0.3 is 18.6 Å². The van der Waals surface area contributed by atoms with E-state index in [0.29, 0.717) is 0 Å². The monoisotopic (exact) mass is 740 g/mol. The van der Waals surface area contributed by atoms with Crippen molar-refractivity contribution in [3.8, 4) is 17.1 Å². The Labute approximate surface area is 335 Å². The second-order valence-electron chi connectivity index (χ2n) is 15.7. The highest BCUT2D eigenvalue weighted by molar-refractivity contribution is 6.11. The van der Waals surface area contributed by atoms with Crippen LogP contribution in [-0.4, -0.2) is 19.7 Å². The molecule has 0 saturated heterocycles. The molecule has 58 heavy (non-hydrogen) atoms. The van der Waals surface area contributed by atoms with Crippen molar-refractivity contribution < 1.29 is 0 Å². The normalized spacial score (nSPS) is 15.8. The minimum Gasteiger partial charge on any atom is -0.333 e. The van der Waals surface area contributed by atoms with Crippen LogP contribution in [0, 0.1) is 0 Å². The first kappa shape index (κ1) is 31.6. The van der Waals surface area contributed by atoms with Gasteiger partial charge in [-0.15, -0.1) is 0 Å². The summed E-state index contributed by atoms with van der Waals surface area (Å²) >= 11 is 0. The van der Waals surface area contributed by atoms with Crippen LogP contribution in [0.4, 0.5) is 11.4 Å². The zero-order chi connectivity index (χ0) is 37.9. The van der Waals surface area contributed by atoms with E-state index < -0.39 is 0 Å². The zero-order valence-corrected chi connectivity index (χ0v) is 31.6. The summed E-state index contributed by atoms with van der Waals surface area (Å²) in [7, 11) is 0. The fraction of sp³-hybridized carbons (Fsp3) is 0.0370. The summed E-state index contributed by atoms with van der Waals surface area (Å²) in [5, 5.41) is 6.30. The van der Waals surface area contributed by atoms with Crippen molar-refractivity contribution in [2.45, 2.75) is 12.0 Å². The molecule has 4 nitrogen and oxygen atoms in total. The van der Waals surface area contributed by atoms with E-state index in [0.717, 1.165) is 17.1 Å². The molecule has 2 unspecified atom stereocenters. The van der Waals surface area contributed by atoms with Gasteiger partial charge in [-0.25, -0.2) is 0 Å². The Morgan fingerprint density at radius 2 is 0.776 bits per heavy atom. The van der Waals surface area contributed by atoms with Crippen LogP contribution in [0.15, 0.2) is 200 Å². The van der Waals surface area contributed by atoms with Crippen molar-refractivity contribution in [1.29, 1.82) is 0 Å². The maximum atomic E-state index is 2.61. The van der Waals surface area contributed by atoms with Crippen molar-refractivity contribution in [1.82, 2.24) is 13.7 Å². The van der Waals surface area contributed by atoms with E-state index in [1.54, 1.807) is 0 Å². The molecule has 1 aliphatic carbocycles. The number of hydrogen-bond acceptors (Lipinski definition) is 1. The third-order valence-corrected chi connectivity index (χ3v) is 12.7. The molecule has 0 fully saturated rings. The van der Waals surface area contributed by atoms with Crippen LogP contribution >= 0.6 is 0 Å². The lowest BCUT2D eigenvalue weighted by Gasteiger charge is -2.32. The molecule has 1 aliphatic heterocycles. The number of fused-ring (bicyclic) bond motifs is 13. The molecule has 272 valence electrons. The van der Waals surface area contributed by atoms with Gasteiger partial charge in [0.15, 0.2) is 0 Å². The second kappa shape index (κ2) is 12.0. The van der Waals surface area contributed by atoms with E-state index in [1.807, 2.05) is 0 Å². The highest BCUT2D eigenvalue weighted by atomic mass is 15.2. The van der Waals surface area contributed by atoms with Crippen molar-refractivity contribution in [3.63, 3.8) is 0 Å². The summed E-state index contributed by atoms with van der Waals surface area (Å²) in [6.45, 7) is 0. The zero-order valence-electron chi connectivity index (χ0n) is 31.6. The lowest BCUT2D eigenvalue weighted by Crippen LogP contribution is -2.31. The first-order chi connectivity index (χ1) is 28.8. The average Bonchev–Trinajstić information content (AvgIpc) is 4.01. The largest absolute Gasteiger partial charge is 0.333 e. The molecule has 2 aliphatic rings. The molecule has 0 radical (unpaired) electrons. The van der Waals surface area contributed by atoms with Crippen LogP contribution in [0.5, 0.6) is 0 Å². The highest BCUT2D eigenvalue weighted by Gasteiger charge is 2.44. The molecular formula is C54H36N4. The van der Waals surface area contributed by atoms with Crippen LogP contribution in [0.2, 0.25) is 0 Å². The van der Waals surface area contributed by atoms with Gasteiger partial charge in [-0.3, -0.25) is 0 Å². The molecule has 8 aromatic carbocycles. The molecule has 0 bridgehead atoms. The van der Waals surface area contributed by atoms with E-state index in [1.165, 1.54) is 82.7 Å². The predicted octanol–water partition coefficient (Wildman–Crippen LogP) is 13.5. The standard InChI is InChI=1S/C54H36N4/c1-2-16-35(17-3-1)58-50-28-14-8-22-43(50)44-30-31-52-53(54(44)58)45-23-9-15-29-51(45)57(52)38-33-36(55-46-24-10-4-18-39(46)40-19-5-11-25-47(40)55)32-37(34-38)56-48-26-12-6-20-41(48)42-21-7-13-27-49(42)56/h1-34,52-53H. The summed E-state index contributed by atoms with van der Waals surface area (Å²) in [5.74, 6) is 0.109. The first-order valence-electron chi connectivity index (χ1n) is 20.2. The van der Waals surface area contributed by atoms with E-state index in [2.05, 4.69) is 225 Å². The Kier molecular flexibility index (Phi) is 6.53. The molecule has 13 rings (SSSR count). The lowest BCUT2D eigenvalue weighted by molar-refractivity contribution is 0.692. The summed E-state index contributed by atoms with van der Waals surface area (Å²) in [5.41, 5.74) is 15.9. The number of rotatable bonds is 4. The Balaban J connectivity index is 1.11. The topological polar surface area (TPSA) is 18.0 Å². The van der Waals surface area contributed by atoms with Crippen molar-refractivity contribution >= 4 is 72.0 Å². The maximum Gasteiger partial charge on any atom is 0.0650 e. The van der Waals surface area contributed by atoms with Gasteiger partial charge in [0.2, 0.25) is 0 Å². The molecule has 0 N–H and O–H groups in total. The Morgan fingerprint density at radius 1 is 0.345 bits per heavy atom. The van der Waals surface area contributed by atoms with E-state index in [4.69, 9.17) is 0 Å². The summed E-state index contributed by atoms with van der Waals surface area (Å²) in [4.78, 5) is 2.61. The average molecular weight is 741 g/mol. The molecule has 4 heteroatoms. The molecule has 11 aromatic rings. The number of anilines is 2. The van der Waals surface area contributed by atoms with Crippen LogP contribution in [0.25, 0.3) is 77.7 Å². The molecule has 0 spiro atoms. The molecular weight excluding hydrogens is 705 g/mol. The third-order valence-electron chi connectivity index (χ3n) is 12.7. The number of hydrogen-bond donors (Lipinski definition) is 0. The van der Waals surface area contributed by atoms with Crippen LogP contribution < -0.4 is 4.90 Å². The fourth-order valence-corrected chi connectivity index (χ4v) is 10.5. The van der Waals surface area contributed by atoms with Crippen molar-refractivity contribution in [2.24, 2.45) is 0 Å². The molecule has 3 aromatic heterocycles. The van der Waals surface area contributed by atoms with Crippen LogP contribution in [0.1, 0.15) is 22.7 Å². The SMILES string of the molecule is C1=CC2C(c3ccccc3N2c2cc(-n3c4ccccc4c4ccccc43)cc(-n3c4ccccc4c4ccccc43)c2)c2c1c1ccccc1n2-c1ccccc1. The van der Waals surface area contributed by atoms with Gasteiger partial charge in [-0.2, -0.15) is 0 Å². The van der Waals surface area contributed by atoms with Gasteiger partial charge in [0.25, 0.3) is 0 Å². The Morgan fingerprint density at radius 3 is 1.33 bits per heavy atom. The molecule has 2 atom stereocenters. The number of para-hydroxylation sites is 7. The van der Waals surface area contributed by atoms with Gasteiger partial charge in [0.1, 0.15) is 0 Å². The minimum atomic E-state index is 0.0519. The molecule has 4 heterocycles. The van der Waals surface area contributed by atoms with E-state index in [-0.39, 0.29) is 12.0 Å². The molecule has 0 amide bonds. The van der Waals surface area contributed by atoms with Gasteiger partial charge >= 0.3 is 0 Å². The quantitative estimate of drug-likeness (QED) is 0.176. The fourth-order valence-electron chi connectivity index (χ4n) is 10.5.